The number of fused-ring (bicyclic) bond motifs is 1. The number of ether oxygens (including phenoxy) is 1. The minimum atomic E-state index is 0.0684. The minimum absolute atomic E-state index is 0.0684. The molecule has 1 aliphatic rings. The number of carbonyl (C=O) groups excluding carboxylic acids is 1. The summed E-state index contributed by atoms with van der Waals surface area (Å²) in [6.07, 6.45) is 0. The molecule has 0 N–H and O–H groups in total. The molecule has 104 valence electrons. The molecule has 0 atom stereocenters. The van der Waals surface area contributed by atoms with Crippen LogP contribution < -0.4 is 9.64 Å². The SMILES string of the molecule is COc1ccc(CN2C(=O)Cn3c2nc(Br)c3C)cc1. The molecule has 0 spiro atoms. The summed E-state index contributed by atoms with van der Waals surface area (Å²) in [6, 6.07) is 7.70. The second-order valence-electron chi connectivity index (χ2n) is 4.70. The van der Waals surface area contributed by atoms with Gasteiger partial charge in [0.1, 0.15) is 16.9 Å². The van der Waals surface area contributed by atoms with Crippen LogP contribution in [0.2, 0.25) is 0 Å². The first-order chi connectivity index (χ1) is 9.60. The van der Waals surface area contributed by atoms with Crippen LogP contribution in [0.15, 0.2) is 28.9 Å². The first-order valence-corrected chi connectivity index (χ1v) is 7.05. The van der Waals surface area contributed by atoms with Gasteiger partial charge in [0.05, 0.1) is 19.3 Å². The summed E-state index contributed by atoms with van der Waals surface area (Å²) >= 11 is 3.41. The number of nitrogens with zero attached hydrogens (tertiary/aromatic N) is 3. The van der Waals surface area contributed by atoms with Crippen molar-refractivity contribution in [2.24, 2.45) is 0 Å². The highest BCUT2D eigenvalue weighted by molar-refractivity contribution is 9.10. The van der Waals surface area contributed by atoms with Gasteiger partial charge in [0, 0.05) is 0 Å². The largest absolute Gasteiger partial charge is 0.497 e. The molecule has 20 heavy (non-hydrogen) atoms. The van der Waals surface area contributed by atoms with Gasteiger partial charge in [-0.25, -0.2) is 4.98 Å². The van der Waals surface area contributed by atoms with Gasteiger partial charge in [-0.15, -0.1) is 0 Å². The fraction of sp³-hybridized carbons (Fsp3) is 0.286. The number of halogens is 1. The molecule has 1 aromatic heterocycles. The van der Waals surface area contributed by atoms with Gasteiger partial charge in [0.15, 0.2) is 0 Å². The van der Waals surface area contributed by atoms with Gasteiger partial charge in [0.2, 0.25) is 11.9 Å². The Hall–Kier alpha value is -1.82. The molecule has 3 rings (SSSR count). The molecule has 2 heterocycles. The third kappa shape index (κ3) is 2.10. The molecule has 2 aromatic rings. The lowest BCUT2D eigenvalue weighted by molar-refractivity contribution is -0.118. The van der Waals surface area contributed by atoms with E-state index in [2.05, 4.69) is 20.9 Å². The van der Waals surface area contributed by atoms with E-state index in [0.29, 0.717) is 19.0 Å². The standard InChI is InChI=1S/C14H14BrN3O2/c1-9-13(15)16-14-17(9)8-12(19)18(14)7-10-3-5-11(20-2)6-4-10/h3-6H,7-8H2,1-2H3. The van der Waals surface area contributed by atoms with Crippen molar-refractivity contribution < 1.29 is 9.53 Å². The van der Waals surface area contributed by atoms with Crippen LogP contribution in [0.5, 0.6) is 5.75 Å². The van der Waals surface area contributed by atoms with E-state index in [1.54, 1.807) is 12.0 Å². The lowest BCUT2D eigenvalue weighted by Crippen LogP contribution is -2.26. The van der Waals surface area contributed by atoms with Crippen molar-refractivity contribution in [3.8, 4) is 5.75 Å². The van der Waals surface area contributed by atoms with E-state index in [1.807, 2.05) is 35.8 Å². The number of rotatable bonds is 3. The average molecular weight is 336 g/mol. The van der Waals surface area contributed by atoms with Crippen LogP contribution in [0.1, 0.15) is 11.3 Å². The molecule has 1 aliphatic heterocycles. The van der Waals surface area contributed by atoms with Crippen LogP contribution in [0.25, 0.3) is 0 Å². The zero-order valence-electron chi connectivity index (χ0n) is 11.3. The number of hydrogen-bond donors (Lipinski definition) is 0. The zero-order valence-corrected chi connectivity index (χ0v) is 12.8. The van der Waals surface area contributed by atoms with Gasteiger partial charge >= 0.3 is 0 Å². The van der Waals surface area contributed by atoms with Gasteiger partial charge in [-0.2, -0.15) is 0 Å². The van der Waals surface area contributed by atoms with E-state index in [9.17, 15) is 4.79 Å². The number of carbonyl (C=O) groups is 1. The van der Waals surface area contributed by atoms with E-state index in [-0.39, 0.29) is 5.91 Å². The Morgan fingerprint density at radius 1 is 1.35 bits per heavy atom. The van der Waals surface area contributed by atoms with Crippen molar-refractivity contribution in [2.45, 2.75) is 20.0 Å². The number of hydrogen-bond acceptors (Lipinski definition) is 3. The predicted molar refractivity (Wildman–Crippen MR) is 78.8 cm³/mol. The van der Waals surface area contributed by atoms with Crippen molar-refractivity contribution in [1.82, 2.24) is 9.55 Å². The summed E-state index contributed by atoms with van der Waals surface area (Å²) < 4.78 is 7.85. The predicted octanol–water partition coefficient (Wildman–Crippen LogP) is 2.51. The Morgan fingerprint density at radius 3 is 2.70 bits per heavy atom. The molecule has 1 aromatic carbocycles. The first kappa shape index (κ1) is 13.2. The smallest absolute Gasteiger partial charge is 0.249 e. The van der Waals surface area contributed by atoms with Crippen molar-refractivity contribution in [1.29, 1.82) is 0 Å². The highest BCUT2D eigenvalue weighted by atomic mass is 79.9. The summed E-state index contributed by atoms with van der Waals surface area (Å²) in [4.78, 5) is 18.2. The van der Waals surface area contributed by atoms with Gasteiger partial charge in [-0.1, -0.05) is 12.1 Å². The minimum Gasteiger partial charge on any atom is -0.497 e. The number of aromatic nitrogens is 2. The highest BCUT2D eigenvalue weighted by Gasteiger charge is 2.31. The van der Waals surface area contributed by atoms with E-state index < -0.39 is 0 Å². The van der Waals surface area contributed by atoms with Crippen LogP contribution in [0.4, 0.5) is 5.95 Å². The lowest BCUT2D eigenvalue weighted by atomic mass is 10.2. The number of imidazole rings is 1. The molecule has 6 heteroatoms. The molecule has 0 saturated heterocycles. The van der Waals surface area contributed by atoms with Crippen LogP contribution >= 0.6 is 15.9 Å². The van der Waals surface area contributed by atoms with Gasteiger partial charge in [-0.05, 0) is 40.5 Å². The molecule has 0 saturated carbocycles. The summed E-state index contributed by atoms with van der Waals surface area (Å²) in [5.41, 5.74) is 2.02. The molecular formula is C14H14BrN3O2. The Balaban J connectivity index is 1.87. The third-order valence-corrected chi connectivity index (χ3v) is 4.23. The van der Waals surface area contributed by atoms with E-state index >= 15 is 0 Å². The quantitative estimate of drug-likeness (QED) is 0.865. The van der Waals surface area contributed by atoms with Crippen LogP contribution in [-0.4, -0.2) is 22.6 Å². The second kappa shape index (κ2) is 4.94. The highest BCUT2D eigenvalue weighted by Crippen LogP contribution is 2.29. The molecule has 0 radical (unpaired) electrons. The summed E-state index contributed by atoms with van der Waals surface area (Å²) in [6.45, 7) is 2.83. The average Bonchev–Trinajstić information content (AvgIpc) is 2.90. The van der Waals surface area contributed by atoms with Crippen LogP contribution in [0.3, 0.4) is 0 Å². The van der Waals surface area contributed by atoms with Crippen LogP contribution in [-0.2, 0) is 17.9 Å². The molecule has 5 nitrogen and oxygen atoms in total. The van der Waals surface area contributed by atoms with E-state index in [4.69, 9.17) is 4.74 Å². The van der Waals surface area contributed by atoms with Crippen molar-refractivity contribution in [3.63, 3.8) is 0 Å². The fourth-order valence-corrected chi connectivity index (χ4v) is 2.66. The molecule has 1 amide bonds. The zero-order chi connectivity index (χ0) is 14.3. The van der Waals surface area contributed by atoms with Crippen molar-refractivity contribution in [3.05, 3.63) is 40.1 Å². The topological polar surface area (TPSA) is 47.4 Å². The number of benzene rings is 1. The van der Waals surface area contributed by atoms with Gasteiger partial charge in [0.25, 0.3) is 0 Å². The fourth-order valence-electron chi connectivity index (χ4n) is 2.29. The molecule has 0 unspecified atom stereocenters. The van der Waals surface area contributed by atoms with E-state index in [0.717, 1.165) is 21.6 Å². The number of anilines is 1. The van der Waals surface area contributed by atoms with Crippen molar-refractivity contribution >= 4 is 27.8 Å². The van der Waals surface area contributed by atoms with Crippen molar-refractivity contribution in [2.75, 3.05) is 12.0 Å². The number of methoxy groups -OCH3 is 1. The monoisotopic (exact) mass is 335 g/mol. The molecule has 0 bridgehead atoms. The summed E-state index contributed by atoms with van der Waals surface area (Å²) in [7, 11) is 1.64. The maximum Gasteiger partial charge on any atom is 0.249 e. The first-order valence-electron chi connectivity index (χ1n) is 6.26. The maximum atomic E-state index is 12.1. The molecule has 0 fully saturated rings. The maximum absolute atomic E-state index is 12.1. The summed E-state index contributed by atoms with van der Waals surface area (Å²) in [5, 5.41) is 0. The normalized spacial score (nSPS) is 13.8. The Morgan fingerprint density at radius 2 is 2.05 bits per heavy atom. The lowest BCUT2D eigenvalue weighted by Gasteiger charge is -2.14. The third-order valence-electron chi connectivity index (χ3n) is 3.48. The van der Waals surface area contributed by atoms with E-state index in [1.165, 1.54) is 0 Å². The Kier molecular flexibility index (Phi) is 3.25. The molecule has 0 aliphatic carbocycles. The van der Waals surface area contributed by atoms with Crippen LogP contribution in [0, 0.1) is 6.92 Å². The summed E-state index contributed by atoms with van der Waals surface area (Å²) in [5.74, 6) is 1.58. The Labute approximate surface area is 125 Å². The second-order valence-corrected chi connectivity index (χ2v) is 5.45. The Bertz CT molecular complexity index is 664. The van der Waals surface area contributed by atoms with Gasteiger partial charge in [-0.3, -0.25) is 9.69 Å². The van der Waals surface area contributed by atoms with Gasteiger partial charge < -0.3 is 9.30 Å². The molecular weight excluding hydrogens is 322 g/mol. The number of amides is 1.